The highest BCUT2D eigenvalue weighted by molar-refractivity contribution is 5.95. The van der Waals surface area contributed by atoms with Gasteiger partial charge in [-0.1, -0.05) is 45.9 Å². The van der Waals surface area contributed by atoms with Crippen LogP contribution in [0.5, 0.6) is 0 Å². The summed E-state index contributed by atoms with van der Waals surface area (Å²) in [6.07, 6.45) is 0. The highest BCUT2D eigenvalue weighted by Crippen LogP contribution is 2.32. The molecule has 0 aliphatic carbocycles. The third-order valence-corrected chi connectivity index (χ3v) is 5.21. The predicted octanol–water partition coefficient (Wildman–Crippen LogP) is 3.05. The molecule has 0 radical (unpaired) electrons. The van der Waals surface area contributed by atoms with Gasteiger partial charge in [0.1, 0.15) is 0 Å². The number of nitrogens with zero attached hydrogens (tertiary/aromatic N) is 2. The molecule has 0 unspecified atom stereocenters. The number of para-hydroxylation sites is 1. The van der Waals surface area contributed by atoms with Crippen LogP contribution in [0.2, 0.25) is 0 Å². The van der Waals surface area contributed by atoms with Gasteiger partial charge >= 0.3 is 0 Å². The van der Waals surface area contributed by atoms with Crippen molar-refractivity contribution in [2.75, 3.05) is 51.3 Å². The van der Waals surface area contributed by atoms with Crippen LogP contribution in [-0.4, -0.2) is 67.6 Å². The van der Waals surface area contributed by atoms with Crippen molar-refractivity contribution >= 4 is 17.5 Å². The molecule has 2 amide bonds. The zero-order valence-corrected chi connectivity index (χ0v) is 18.0. The lowest BCUT2D eigenvalue weighted by atomic mass is 9.92. The van der Waals surface area contributed by atoms with E-state index in [0.717, 1.165) is 49.7 Å². The van der Waals surface area contributed by atoms with Crippen molar-refractivity contribution in [3.05, 3.63) is 29.3 Å². The molecule has 0 saturated carbocycles. The van der Waals surface area contributed by atoms with Gasteiger partial charge in [0, 0.05) is 38.8 Å². The van der Waals surface area contributed by atoms with Gasteiger partial charge in [0.15, 0.2) is 0 Å². The van der Waals surface area contributed by atoms with E-state index in [2.05, 4.69) is 50.0 Å². The topological polar surface area (TPSA) is 61.9 Å². The summed E-state index contributed by atoms with van der Waals surface area (Å²) in [5.41, 5.74) is 3.15. The lowest BCUT2D eigenvalue weighted by Gasteiger charge is -2.29. The first-order chi connectivity index (χ1) is 13.3. The van der Waals surface area contributed by atoms with Gasteiger partial charge in [-0.3, -0.25) is 14.5 Å². The number of ether oxygens (including phenoxy) is 1. The second-order valence-corrected chi connectivity index (χ2v) is 8.06. The van der Waals surface area contributed by atoms with Gasteiger partial charge in [-0.05, 0) is 23.0 Å². The molecule has 1 aromatic carbocycles. The Labute approximate surface area is 169 Å². The number of carbonyl (C=O) groups excluding carboxylic acids is 2. The first-order valence-electron chi connectivity index (χ1n) is 10.3. The summed E-state index contributed by atoms with van der Waals surface area (Å²) in [4.78, 5) is 28.7. The first kappa shape index (κ1) is 22.4. The number of nitrogens with one attached hydrogen (secondary N) is 1. The minimum Gasteiger partial charge on any atom is -0.379 e. The van der Waals surface area contributed by atoms with Crippen LogP contribution < -0.4 is 5.32 Å². The quantitative estimate of drug-likeness (QED) is 0.742. The molecule has 0 bridgehead atoms. The molecule has 1 N–H and O–H groups in total. The third-order valence-electron chi connectivity index (χ3n) is 5.21. The average Bonchev–Trinajstić information content (AvgIpc) is 2.65. The molecule has 0 atom stereocenters. The number of carbonyl (C=O) groups is 2. The van der Waals surface area contributed by atoms with Crippen molar-refractivity contribution in [3.8, 4) is 0 Å². The molecule has 156 valence electrons. The molecular weight excluding hydrogens is 354 g/mol. The second-order valence-electron chi connectivity index (χ2n) is 8.06. The molecule has 6 heteroatoms. The maximum Gasteiger partial charge on any atom is 0.244 e. The Morgan fingerprint density at radius 2 is 1.68 bits per heavy atom. The van der Waals surface area contributed by atoms with Crippen molar-refractivity contribution in [1.82, 2.24) is 9.80 Å². The molecule has 1 saturated heterocycles. The molecule has 28 heavy (non-hydrogen) atoms. The van der Waals surface area contributed by atoms with E-state index in [4.69, 9.17) is 4.74 Å². The fourth-order valence-corrected chi connectivity index (χ4v) is 3.48. The Bertz CT molecular complexity index is 641. The summed E-state index contributed by atoms with van der Waals surface area (Å²) in [6, 6.07) is 6.17. The van der Waals surface area contributed by atoms with Crippen LogP contribution in [0.25, 0.3) is 0 Å². The van der Waals surface area contributed by atoms with Crippen molar-refractivity contribution < 1.29 is 14.3 Å². The van der Waals surface area contributed by atoms with E-state index in [1.807, 2.05) is 6.07 Å². The lowest BCUT2D eigenvalue weighted by Crippen LogP contribution is -2.44. The number of anilines is 1. The predicted molar refractivity (Wildman–Crippen MR) is 113 cm³/mol. The molecule has 1 fully saturated rings. The first-order valence-corrected chi connectivity index (χ1v) is 10.3. The Balaban J connectivity index is 2.05. The molecule has 1 heterocycles. The number of hydrogen-bond acceptors (Lipinski definition) is 4. The van der Waals surface area contributed by atoms with Gasteiger partial charge in [-0.2, -0.15) is 0 Å². The minimum absolute atomic E-state index is 0.0731. The van der Waals surface area contributed by atoms with Crippen molar-refractivity contribution in [2.24, 2.45) is 0 Å². The number of amides is 2. The number of hydrogen-bond donors (Lipinski definition) is 1. The van der Waals surface area contributed by atoms with Crippen LogP contribution in [-0.2, 0) is 14.3 Å². The van der Waals surface area contributed by atoms with E-state index < -0.39 is 0 Å². The molecule has 1 aliphatic heterocycles. The van der Waals surface area contributed by atoms with Crippen LogP contribution in [0.1, 0.15) is 57.6 Å². The highest BCUT2D eigenvalue weighted by Gasteiger charge is 2.20. The minimum atomic E-state index is -0.146. The zero-order valence-electron chi connectivity index (χ0n) is 18.0. The second kappa shape index (κ2) is 10.6. The van der Waals surface area contributed by atoms with Crippen LogP contribution in [0.3, 0.4) is 0 Å². The van der Waals surface area contributed by atoms with E-state index in [0.29, 0.717) is 18.4 Å². The number of morpholine rings is 1. The van der Waals surface area contributed by atoms with E-state index in [1.165, 1.54) is 6.92 Å². The standard InChI is InChI=1S/C22H35N3O3/c1-16(2)19-7-6-8-20(17(3)4)22(19)23-21(27)15-25(18(5)26)10-9-24-11-13-28-14-12-24/h6-8,16-17H,9-15H2,1-5H3,(H,23,27). The van der Waals surface area contributed by atoms with Crippen molar-refractivity contribution in [3.63, 3.8) is 0 Å². The van der Waals surface area contributed by atoms with Crippen molar-refractivity contribution in [2.45, 2.75) is 46.5 Å². The average molecular weight is 390 g/mol. The molecule has 0 spiro atoms. The number of benzene rings is 1. The third kappa shape index (κ3) is 6.31. The lowest BCUT2D eigenvalue weighted by molar-refractivity contribution is -0.133. The fourth-order valence-electron chi connectivity index (χ4n) is 3.48. The molecular formula is C22H35N3O3. The summed E-state index contributed by atoms with van der Waals surface area (Å²) < 4.78 is 5.36. The van der Waals surface area contributed by atoms with Crippen LogP contribution in [0.15, 0.2) is 18.2 Å². The Hall–Kier alpha value is -1.92. The summed E-state index contributed by atoms with van der Waals surface area (Å²) in [5.74, 6) is 0.385. The normalized spacial score (nSPS) is 15.1. The molecule has 1 aromatic rings. The van der Waals surface area contributed by atoms with E-state index in [-0.39, 0.29) is 18.4 Å². The number of rotatable bonds is 8. The highest BCUT2D eigenvalue weighted by atomic mass is 16.5. The van der Waals surface area contributed by atoms with Crippen LogP contribution in [0.4, 0.5) is 5.69 Å². The van der Waals surface area contributed by atoms with E-state index in [9.17, 15) is 9.59 Å². The van der Waals surface area contributed by atoms with Gasteiger partial charge in [0.2, 0.25) is 11.8 Å². The Kier molecular flexibility index (Phi) is 8.45. The largest absolute Gasteiger partial charge is 0.379 e. The zero-order chi connectivity index (χ0) is 20.7. The molecule has 2 rings (SSSR count). The van der Waals surface area contributed by atoms with Gasteiger partial charge in [0.25, 0.3) is 0 Å². The van der Waals surface area contributed by atoms with Gasteiger partial charge in [0.05, 0.1) is 19.8 Å². The summed E-state index contributed by atoms with van der Waals surface area (Å²) in [7, 11) is 0. The Morgan fingerprint density at radius 1 is 1.11 bits per heavy atom. The van der Waals surface area contributed by atoms with E-state index >= 15 is 0 Å². The van der Waals surface area contributed by atoms with Crippen LogP contribution in [0, 0.1) is 0 Å². The summed E-state index contributed by atoms with van der Waals surface area (Å²) in [5, 5.41) is 3.10. The fraction of sp³-hybridized carbons (Fsp3) is 0.636. The van der Waals surface area contributed by atoms with Crippen molar-refractivity contribution in [1.29, 1.82) is 0 Å². The van der Waals surface area contributed by atoms with Gasteiger partial charge in [-0.15, -0.1) is 0 Å². The monoisotopic (exact) mass is 389 g/mol. The van der Waals surface area contributed by atoms with Gasteiger partial charge in [-0.25, -0.2) is 0 Å². The summed E-state index contributed by atoms with van der Waals surface area (Å²) >= 11 is 0. The maximum absolute atomic E-state index is 12.8. The molecule has 0 aromatic heterocycles. The SMILES string of the molecule is CC(=O)N(CCN1CCOCC1)CC(=O)Nc1c(C(C)C)cccc1C(C)C. The maximum atomic E-state index is 12.8. The van der Waals surface area contributed by atoms with Crippen LogP contribution >= 0.6 is 0 Å². The molecule has 1 aliphatic rings. The van der Waals surface area contributed by atoms with E-state index in [1.54, 1.807) is 4.90 Å². The Morgan fingerprint density at radius 3 is 2.18 bits per heavy atom. The summed E-state index contributed by atoms with van der Waals surface area (Å²) in [6.45, 7) is 14.6. The molecule has 6 nitrogen and oxygen atoms in total. The van der Waals surface area contributed by atoms with Gasteiger partial charge < -0.3 is 15.0 Å². The smallest absolute Gasteiger partial charge is 0.244 e.